The first-order chi connectivity index (χ1) is 8.93. The van der Waals surface area contributed by atoms with Gasteiger partial charge in [0.25, 0.3) is 0 Å². The van der Waals surface area contributed by atoms with Gasteiger partial charge in [-0.3, -0.25) is 4.68 Å². The van der Waals surface area contributed by atoms with Crippen LogP contribution in [0.2, 0.25) is 0 Å². The maximum absolute atomic E-state index is 12.9. The summed E-state index contributed by atoms with van der Waals surface area (Å²) in [5, 5.41) is 14.3. The lowest BCUT2D eigenvalue weighted by molar-refractivity contribution is -0.183. The van der Waals surface area contributed by atoms with Crippen molar-refractivity contribution in [3.8, 4) is 5.40 Å². The molecule has 2 heterocycles. The minimum absolute atomic E-state index is 0.0714. The Hall–Kier alpha value is -1.20. The number of alkyl halides is 3. The van der Waals surface area contributed by atoms with Crippen LogP contribution in [0.25, 0.3) is 0 Å². The molecular formula is C11H10F3N3OS. The molecule has 3 rings (SSSR count). The van der Waals surface area contributed by atoms with Crippen molar-refractivity contribution in [3.63, 3.8) is 0 Å². The number of rotatable bonds is 2. The normalized spacial score (nSPS) is 21.8. The van der Waals surface area contributed by atoms with Gasteiger partial charge in [0.1, 0.15) is 16.1 Å². The Morgan fingerprint density at radius 3 is 2.63 bits per heavy atom. The molecule has 0 amide bonds. The molecule has 1 aromatic rings. The maximum atomic E-state index is 12.9. The number of thiocyanates is 1. The van der Waals surface area contributed by atoms with Gasteiger partial charge in [-0.2, -0.15) is 23.5 Å². The van der Waals surface area contributed by atoms with E-state index in [1.54, 1.807) is 5.40 Å². The van der Waals surface area contributed by atoms with E-state index in [-0.39, 0.29) is 16.5 Å². The fourth-order valence-electron chi connectivity index (χ4n) is 2.70. The Morgan fingerprint density at radius 1 is 1.47 bits per heavy atom. The van der Waals surface area contributed by atoms with E-state index < -0.39 is 11.9 Å². The first kappa shape index (κ1) is 12.8. The smallest absolute Gasteiger partial charge is 0.380 e. The van der Waals surface area contributed by atoms with Crippen molar-refractivity contribution >= 4 is 11.8 Å². The molecule has 1 aliphatic heterocycles. The number of hydrogen-bond acceptors (Lipinski definition) is 4. The van der Waals surface area contributed by atoms with Crippen LogP contribution in [0.15, 0.2) is 11.1 Å². The number of ether oxygens (including phenoxy) is 1. The van der Waals surface area contributed by atoms with Gasteiger partial charge in [0.05, 0.1) is 19.3 Å². The van der Waals surface area contributed by atoms with Crippen LogP contribution in [0.4, 0.5) is 13.2 Å². The maximum Gasteiger partial charge on any atom is 0.433 e. The molecule has 0 aromatic carbocycles. The predicted octanol–water partition coefficient (Wildman–Crippen LogP) is 2.83. The van der Waals surface area contributed by atoms with Crippen molar-refractivity contribution in [2.24, 2.45) is 5.41 Å². The molecular weight excluding hydrogens is 279 g/mol. The molecule has 4 nitrogen and oxygen atoms in total. The van der Waals surface area contributed by atoms with Crippen molar-refractivity contribution in [1.29, 1.82) is 5.26 Å². The summed E-state index contributed by atoms with van der Waals surface area (Å²) in [6.07, 6.45) is -3.12. The number of thioether (sulfide) groups is 1. The van der Waals surface area contributed by atoms with Crippen LogP contribution >= 0.6 is 11.8 Å². The van der Waals surface area contributed by atoms with E-state index in [0.29, 0.717) is 37.8 Å². The molecule has 2 fully saturated rings. The Kier molecular flexibility index (Phi) is 2.80. The summed E-state index contributed by atoms with van der Waals surface area (Å²) < 4.78 is 44.9. The van der Waals surface area contributed by atoms with Crippen LogP contribution < -0.4 is 0 Å². The van der Waals surface area contributed by atoms with Gasteiger partial charge in [-0.05, 0) is 12.8 Å². The average Bonchev–Trinajstić information content (AvgIpc) is 2.57. The zero-order chi connectivity index (χ0) is 13.7. The minimum Gasteiger partial charge on any atom is -0.380 e. The van der Waals surface area contributed by atoms with Gasteiger partial charge in [0.2, 0.25) is 0 Å². The number of nitriles is 1. The summed E-state index contributed by atoms with van der Waals surface area (Å²) in [4.78, 5) is 0. The summed E-state index contributed by atoms with van der Waals surface area (Å²) >= 11 is 0.647. The molecule has 19 heavy (non-hydrogen) atoms. The fourth-order valence-corrected chi connectivity index (χ4v) is 3.09. The van der Waals surface area contributed by atoms with E-state index in [1.807, 2.05) is 0 Å². The predicted molar refractivity (Wildman–Crippen MR) is 60.2 cm³/mol. The minimum atomic E-state index is -4.44. The van der Waals surface area contributed by atoms with Crippen molar-refractivity contribution in [3.05, 3.63) is 11.8 Å². The molecule has 0 bridgehead atoms. The lowest BCUT2D eigenvalue weighted by Gasteiger charge is -2.53. The number of nitrogens with zero attached hydrogens (tertiary/aromatic N) is 3. The number of hydrogen-bond donors (Lipinski definition) is 0. The highest BCUT2D eigenvalue weighted by molar-refractivity contribution is 8.03. The lowest BCUT2D eigenvalue weighted by atomic mass is 9.64. The summed E-state index contributed by atoms with van der Waals surface area (Å²) in [7, 11) is 0. The van der Waals surface area contributed by atoms with Gasteiger partial charge in [-0.25, -0.2) is 0 Å². The molecule has 1 saturated carbocycles. The van der Waals surface area contributed by atoms with Gasteiger partial charge in [0, 0.05) is 23.2 Å². The molecule has 1 saturated heterocycles. The second-order valence-electron chi connectivity index (χ2n) is 5.06. The van der Waals surface area contributed by atoms with E-state index in [9.17, 15) is 13.2 Å². The molecule has 102 valence electrons. The Morgan fingerprint density at radius 2 is 2.16 bits per heavy atom. The van der Waals surface area contributed by atoms with Crippen molar-refractivity contribution in [2.45, 2.75) is 30.1 Å². The topological polar surface area (TPSA) is 50.8 Å². The molecule has 1 spiro atoms. The van der Waals surface area contributed by atoms with Gasteiger partial charge in [-0.1, -0.05) is 0 Å². The second kappa shape index (κ2) is 4.15. The Bertz CT molecular complexity index is 536. The zero-order valence-electron chi connectivity index (χ0n) is 9.78. The van der Waals surface area contributed by atoms with E-state index in [2.05, 4.69) is 5.10 Å². The second-order valence-corrected chi connectivity index (χ2v) is 5.86. The standard InChI is InChI=1S/C11H10F3N3OS/c12-11(13,14)8-1-9(19-6-15)16-17(8)7-2-10(3-7)4-18-5-10/h1,7H,2-5H2. The van der Waals surface area contributed by atoms with Crippen LogP contribution in [0.5, 0.6) is 0 Å². The van der Waals surface area contributed by atoms with E-state index in [4.69, 9.17) is 10.00 Å². The third kappa shape index (κ3) is 2.11. The molecule has 0 N–H and O–H groups in total. The highest BCUT2D eigenvalue weighted by atomic mass is 32.2. The highest BCUT2D eigenvalue weighted by Gasteiger charge is 2.52. The Labute approximate surface area is 111 Å². The van der Waals surface area contributed by atoms with Gasteiger partial charge < -0.3 is 4.74 Å². The van der Waals surface area contributed by atoms with Gasteiger partial charge in [0.15, 0.2) is 0 Å². The monoisotopic (exact) mass is 289 g/mol. The van der Waals surface area contributed by atoms with Crippen LogP contribution in [0.1, 0.15) is 24.6 Å². The quantitative estimate of drug-likeness (QED) is 0.620. The van der Waals surface area contributed by atoms with E-state index >= 15 is 0 Å². The first-order valence-electron chi connectivity index (χ1n) is 5.74. The molecule has 1 aliphatic carbocycles. The molecule has 0 atom stereocenters. The first-order valence-corrected chi connectivity index (χ1v) is 6.56. The summed E-state index contributed by atoms with van der Waals surface area (Å²) in [5.41, 5.74) is -0.701. The summed E-state index contributed by atoms with van der Waals surface area (Å²) in [5.74, 6) is 0. The largest absolute Gasteiger partial charge is 0.433 e. The molecule has 0 unspecified atom stereocenters. The molecule has 1 aromatic heterocycles. The molecule has 0 radical (unpaired) electrons. The van der Waals surface area contributed by atoms with E-state index in [0.717, 1.165) is 10.7 Å². The van der Waals surface area contributed by atoms with Gasteiger partial charge >= 0.3 is 6.18 Å². The molecule has 2 aliphatic rings. The lowest BCUT2D eigenvalue weighted by Crippen LogP contribution is -2.53. The van der Waals surface area contributed by atoms with Crippen LogP contribution in [-0.2, 0) is 10.9 Å². The van der Waals surface area contributed by atoms with Crippen molar-refractivity contribution in [1.82, 2.24) is 9.78 Å². The average molecular weight is 289 g/mol. The Balaban J connectivity index is 1.85. The van der Waals surface area contributed by atoms with Crippen LogP contribution in [0, 0.1) is 16.1 Å². The summed E-state index contributed by atoms with van der Waals surface area (Å²) in [6.45, 7) is 1.26. The van der Waals surface area contributed by atoms with E-state index in [1.165, 1.54) is 0 Å². The third-order valence-electron chi connectivity index (χ3n) is 3.65. The zero-order valence-corrected chi connectivity index (χ0v) is 10.6. The van der Waals surface area contributed by atoms with Gasteiger partial charge in [-0.15, -0.1) is 0 Å². The number of halogens is 3. The fraction of sp³-hybridized carbons (Fsp3) is 0.636. The van der Waals surface area contributed by atoms with Crippen LogP contribution in [-0.4, -0.2) is 23.0 Å². The van der Waals surface area contributed by atoms with Crippen LogP contribution in [0.3, 0.4) is 0 Å². The summed E-state index contributed by atoms with van der Waals surface area (Å²) in [6, 6.07) is 0.699. The molecule has 8 heteroatoms. The van der Waals surface area contributed by atoms with Crippen molar-refractivity contribution < 1.29 is 17.9 Å². The van der Waals surface area contributed by atoms with Crippen molar-refractivity contribution in [2.75, 3.05) is 13.2 Å². The SMILES string of the molecule is N#CSc1cc(C(F)(F)F)n(C2CC3(COC3)C2)n1. The highest BCUT2D eigenvalue weighted by Crippen LogP contribution is 2.54. The number of aromatic nitrogens is 2. The third-order valence-corrected chi connectivity index (χ3v) is 4.15.